The second kappa shape index (κ2) is 6.28. The highest BCUT2D eigenvalue weighted by molar-refractivity contribution is 5.98. The summed E-state index contributed by atoms with van der Waals surface area (Å²) in [5.41, 5.74) is 4.70. The number of fused-ring (bicyclic) bond motifs is 5. The average Bonchev–Trinajstić information content (AvgIpc) is 3.18. The summed E-state index contributed by atoms with van der Waals surface area (Å²) < 4.78 is 13.3. The quantitative estimate of drug-likeness (QED) is 0.400. The Morgan fingerprint density at radius 2 is 1.71 bits per heavy atom. The van der Waals surface area contributed by atoms with Gasteiger partial charge in [0.05, 0.1) is 0 Å². The summed E-state index contributed by atoms with van der Waals surface area (Å²) >= 11 is 0. The molecule has 28 heavy (non-hydrogen) atoms. The summed E-state index contributed by atoms with van der Waals surface area (Å²) in [6.07, 6.45) is 9.91. The molecule has 0 aromatic heterocycles. The van der Waals surface area contributed by atoms with E-state index in [1.54, 1.807) is 23.3 Å². The molecule has 4 aliphatic rings. The highest BCUT2D eigenvalue weighted by Crippen LogP contribution is 2.68. The Hall–Kier alpha value is -1.44. The van der Waals surface area contributed by atoms with Crippen LogP contribution < -0.4 is 0 Å². The molecule has 6 atom stereocenters. The van der Waals surface area contributed by atoms with Gasteiger partial charge in [0.1, 0.15) is 5.82 Å². The Balaban J connectivity index is 1.43. The zero-order valence-electron chi connectivity index (χ0n) is 17.6. The molecular formula is C26H33FO. The van der Waals surface area contributed by atoms with Gasteiger partial charge in [0.25, 0.3) is 0 Å². The maximum atomic E-state index is 13.3. The topological polar surface area (TPSA) is 17.1 Å². The Labute approximate surface area is 168 Å². The maximum Gasteiger partial charge on any atom is 0.166 e. The third-order valence-electron chi connectivity index (χ3n) is 9.65. The molecule has 3 fully saturated rings. The summed E-state index contributed by atoms with van der Waals surface area (Å²) in [6, 6.07) is 6.22. The number of carbonyl (C=O) groups excluding carboxylic acids is 1. The Bertz CT molecular complexity index is 836. The van der Waals surface area contributed by atoms with E-state index in [1.807, 2.05) is 0 Å². The first-order valence-corrected chi connectivity index (χ1v) is 11.3. The van der Waals surface area contributed by atoms with Crippen LogP contribution in [0.5, 0.6) is 0 Å². The van der Waals surface area contributed by atoms with Crippen molar-refractivity contribution >= 4 is 5.78 Å². The maximum absolute atomic E-state index is 13.3. The molecule has 0 saturated heterocycles. The summed E-state index contributed by atoms with van der Waals surface area (Å²) in [5.74, 6) is 2.37. The van der Waals surface area contributed by atoms with Crippen LogP contribution in [0.15, 0.2) is 35.4 Å². The number of allylic oxidation sites excluding steroid dienone is 2. The third-order valence-corrected chi connectivity index (χ3v) is 9.65. The van der Waals surface area contributed by atoms with E-state index < -0.39 is 0 Å². The lowest BCUT2D eigenvalue weighted by atomic mass is 9.48. The number of Topliss-reactive ketones (excluding diaryl/α,β-unsaturated/α-hetero) is 1. The lowest BCUT2D eigenvalue weighted by Crippen LogP contribution is -2.49. The molecule has 2 heteroatoms. The molecule has 150 valence electrons. The molecule has 5 rings (SSSR count). The van der Waals surface area contributed by atoms with E-state index in [0.717, 1.165) is 18.3 Å². The highest BCUT2D eigenvalue weighted by Gasteiger charge is 2.60. The van der Waals surface area contributed by atoms with E-state index in [4.69, 9.17) is 0 Å². The van der Waals surface area contributed by atoms with Gasteiger partial charge in [-0.1, -0.05) is 25.0 Å². The molecule has 0 bridgehead atoms. The molecule has 0 spiro atoms. The first kappa shape index (κ1) is 18.6. The summed E-state index contributed by atoms with van der Waals surface area (Å²) in [7, 11) is 0. The Morgan fingerprint density at radius 3 is 2.46 bits per heavy atom. The number of halogens is 1. The van der Waals surface area contributed by atoms with Gasteiger partial charge in [-0.05, 0) is 111 Å². The van der Waals surface area contributed by atoms with Crippen LogP contribution >= 0.6 is 0 Å². The van der Waals surface area contributed by atoms with Crippen molar-refractivity contribution in [3.8, 4) is 0 Å². The SMILES string of the molecule is CC1=C2CC[C@H]3[C@@H]4CC[C@@H](C(=O)c5ccc(F)cc5)[C@@]4(C)CC[C@@H]3[C@]2(C)CC1. The molecule has 1 nitrogen and oxygen atoms in total. The molecule has 4 aliphatic carbocycles. The number of carbonyl (C=O) groups is 1. The molecule has 1 aromatic carbocycles. The van der Waals surface area contributed by atoms with Crippen LogP contribution in [0.1, 0.15) is 82.5 Å². The van der Waals surface area contributed by atoms with Crippen molar-refractivity contribution in [1.29, 1.82) is 0 Å². The normalized spacial score (nSPS) is 42.1. The molecule has 1 aromatic rings. The minimum atomic E-state index is -0.265. The summed E-state index contributed by atoms with van der Waals surface area (Å²) in [4.78, 5) is 13.3. The summed E-state index contributed by atoms with van der Waals surface area (Å²) in [6.45, 7) is 7.32. The fourth-order valence-electron chi connectivity index (χ4n) is 8.18. The van der Waals surface area contributed by atoms with Crippen LogP contribution in [0.2, 0.25) is 0 Å². The molecular weight excluding hydrogens is 347 g/mol. The number of hydrogen-bond acceptors (Lipinski definition) is 1. The molecule has 0 heterocycles. The first-order valence-electron chi connectivity index (χ1n) is 11.3. The van der Waals surface area contributed by atoms with Gasteiger partial charge in [-0.15, -0.1) is 0 Å². The van der Waals surface area contributed by atoms with Gasteiger partial charge in [-0.25, -0.2) is 4.39 Å². The van der Waals surface area contributed by atoms with Gasteiger partial charge in [-0.2, -0.15) is 0 Å². The van der Waals surface area contributed by atoms with Crippen LogP contribution in [0, 0.1) is 40.3 Å². The lowest BCUT2D eigenvalue weighted by Gasteiger charge is -2.56. The van der Waals surface area contributed by atoms with Crippen molar-refractivity contribution in [2.45, 2.75) is 72.1 Å². The van der Waals surface area contributed by atoms with Crippen molar-refractivity contribution in [3.63, 3.8) is 0 Å². The highest BCUT2D eigenvalue weighted by atomic mass is 19.1. The van der Waals surface area contributed by atoms with Crippen LogP contribution in [-0.4, -0.2) is 5.78 Å². The van der Waals surface area contributed by atoms with E-state index in [1.165, 1.54) is 57.1 Å². The van der Waals surface area contributed by atoms with Crippen molar-refractivity contribution in [2.24, 2.45) is 34.5 Å². The average molecular weight is 381 g/mol. The van der Waals surface area contributed by atoms with Crippen LogP contribution in [0.25, 0.3) is 0 Å². The lowest BCUT2D eigenvalue weighted by molar-refractivity contribution is -0.0412. The van der Waals surface area contributed by atoms with Gasteiger partial charge in [-0.3, -0.25) is 4.79 Å². The number of benzene rings is 1. The Kier molecular flexibility index (Phi) is 4.17. The van der Waals surface area contributed by atoms with Crippen LogP contribution in [0.3, 0.4) is 0 Å². The minimum Gasteiger partial charge on any atom is -0.294 e. The zero-order chi connectivity index (χ0) is 19.7. The fraction of sp³-hybridized carbons (Fsp3) is 0.654. The molecule has 0 N–H and O–H groups in total. The van der Waals surface area contributed by atoms with Gasteiger partial charge in [0.15, 0.2) is 5.78 Å². The number of ketones is 1. The van der Waals surface area contributed by atoms with E-state index in [2.05, 4.69) is 20.8 Å². The van der Waals surface area contributed by atoms with E-state index >= 15 is 0 Å². The smallest absolute Gasteiger partial charge is 0.166 e. The standard InChI is InChI=1S/C26H33FO/c1-16-12-14-25(2)20(16)9-8-19-21-10-11-23(26(21,3)15-13-22(19)25)24(28)17-4-6-18(27)7-5-17/h4-7,19,21-23H,8-15H2,1-3H3/t19-,21-,22-,23-,25+,26-/m0/s1. The molecule has 0 radical (unpaired) electrons. The van der Waals surface area contributed by atoms with Gasteiger partial charge in [0, 0.05) is 11.5 Å². The van der Waals surface area contributed by atoms with Crippen molar-refractivity contribution < 1.29 is 9.18 Å². The van der Waals surface area contributed by atoms with Crippen molar-refractivity contribution in [1.82, 2.24) is 0 Å². The fourth-order valence-corrected chi connectivity index (χ4v) is 8.18. The van der Waals surface area contributed by atoms with Gasteiger partial charge < -0.3 is 0 Å². The monoisotopic (exact) mass is 380 g/mol. The van der Waals surface area contributed by atoms with Crippen LogP contribution in [-0.2, 0) is 0 Å². The number of hydrogen-bond donors (Lipinski definition) is 0. The van der Waals surface area contributed by atoms with E-state index in [-0.39, 0.29) is 22.9 Å². The predicted octanol–water partition coefficient (Wildman–Crippen LogP) is 6.98. The molecule has 3 saturated carbocycles. The molecule has 0 aliphatic heterocycles. The van der Waals surface area contributed by atoms with Gasteiger partial charge in [0.2, 0.25) is 0 Å². The molecule has 0 unspecified atom stereocenters. The molecule has 0 amide bonds. The first-order chi connectivity index (χ1) is 13.3. The largest absolute Gasteiger partial charge is 0.294 e. The van der Waals surface area contributed by atoms with E-state index in [9.17, 15) is 9.18 Å². The van der Waals surface area contributed by atoms with Crippen molar-refractivity contribution in [2.75, 3.05) is 0 Å². The van der Waals surface area contributed by atoms with Gasteiger partial charge >= 0.3 is 0 Å². The predicted molar refractivity (Wildman–Crippen MR) is 111 cm³/mol. The second-order valence-corrected chi connectivity index (χ2v) is 10.6. The van der Waals surface area contributed by atoms with Crippen LogP contribution in [0.4, 0.5) is 4.39 Å². The zero-order valence-corrected chi connectivity index (χ0v) is 17.6. The number of rotatable bonds is 2. The van der Waals surface area contributed by atoms with Crippen molar-refractivity contribution in [3.05, 3.63) is 46.8 Å². The third kappa shape index (κ3) is 2.45. The Morgan fingerprint density at radius 1 is 0.964 bits per heavy atom. The van der Waals surface area contributed by atoms with E-state index in [0.29, 0.717) is 16.9 Å². The minimum absolute atomic E-state index is 0.110. The second-order valence-electron chi connectivity index (χ2n) is 10.6. The summed E-state index contributed by atoms with van der Waals surface area (Å²) in [5, 5.41) is 0.